The van der Waals surface area contributed by atoms with Gasteiger partial charge >= 0.3 is 6.09 Å². The number of H-pyrrole nitrogens is 1. The number of benzene rings is 5. The number of nitrogens with one attached hydrogen (secondary N) is 4. The molecule has 0 unspecified atom stereocenters. The summed E-state index contributed by atoms with van der Waals surface area (Å²) in [5.74, 6) is -0.446. The topological polar surface area (TPSA) is 176 Å². The van der Waals surface area contributed by atoms with Gasteiger partial charge < -0.3 is 40.4 Å². The van der Waals surface area contributed by atoms with E-state index < -0.39 is 12.2 Å². The average molecular weight is 823 g/mol. The predicted molar refractivity (Wildman–Crippen MR) is 238 cm³/mol. The number of aliphatic hydroxyl groups excluding tert-OH is 1. The van der Waals surface area contributed by atoms with Crippen LogP contribution in [0.3, 0.4) is 0 Å². The summed E-state index contributed by atoms with van der Waals surface area (Å²) in [7, 11) is 1.71. The summed E-state index contributed by atoms with van der Waals surface area (Å²) in [5, 5.41) is 30.8. The zero-order valence-corrected chi connectivity index (χ0v) is 34.2. The zero-order valence-electron chi connectivity index (χ0n) is 34.2. The molecule has 1 fully saturated rings. The van der Waals surface area contributed by atoms with Crippen LogP contribution in [0, 0.1) is 6.92 Å². The number of aromatic nitrogens is 1. The first-order valence-electron chi connectivity index (χ1n) is 20.4. The molecule has 0 radical (unpaired) electrons. The highest BCUT2D eigenvalue weighted by Crippen LogP contribution is 2.30. The van der Waals surface area contributed by atoms with Gasteiger partial charge in [0.1, 0.15) is 11.9 Å². The van der Waals surface area contributed by atoms with Crippen molar-refractivity contribution in [3.63, 3.8) is 0 Å². The highest BCUT2D eigenvalue weighted by molar-refractivity contribution is 6.06. The SMILES string of the molecule is Cc1cc(CNC[C@@H](O)c2ccc(O)c3[nH]c(=O)ccc23)ccc1NC(=O)c1cccc(N(C)C(=O)CCN2CCC(OC(=O)Nc3ccccc3-c3ccccc3)CC2)c1. The number of para-hydroxylation sites is 1. The Balaban J connectivity index is 0.844. The minimum absolute atomic E-state index is 0.0661. The van der Waals surface area contributed by atoms with Crippen molar-refractivity contribution < 1.29 is 29.3 Å². The van der Waals surface area contributed by atoms with Crippen molar-refractivity contribution in [3.8, 4) is 16.9 Å². The number of piperidine rings is 1. The summed E-state index contributed by atoms with van der Waals surface area (Å²) in [5.41, 5.74) is 6.61. The molecule has 0 spiro atoms. The molecule has 6 aromatic rings. The number of rotatable bonds is 14. The number of anilines is 3. The van der Waals surface area contributed by atoms with Gasteiger partial charge in [-0.2, -0.15) is 0 Å². The second kappa shape index (κ2) is 19.5. The lowest BCUT2D eigenvalue weighted by atomic mass is 10.0. The van der Waals surface area contributed by atoms with E-state index in [1.165, 1.54) is 12.1 Å². The number of aryl methyl sites for hydroxylation is 1. The van der Waals surface area contributed by atoms with Crippen molar-refractivity contribution in [1.82, 2.24) is 15.2 Å². The third-order valence-electron chi connectivity index (χ3n) is 11.0. The van der Waals surface area contributed by atoms with Crippen LogP contribution in [0.5, 0.6) is 5.75 Å². The molecule has 1 aliphatic heterocycles. The maximum absolute atomic E-state index is 13.4. The van der Waals surface area contributed by atoms with E-state index in [1.54, 1.807) is 48.3 Å². The molecule has 3 amide bonds. The Morgan fingerprint density at radius 3 is 2.43 bits per heavy atom. The molecule has 0 bridgehead atoms. The molecule has 1 atom stereocenters. The van der Waals surface area contributed by atoms with Gasteiger partial charge in [-0.05, 0) is 84.5 Å². The Kier molecular flexibility index (Phi) is 13.5. The zero-order chi connectivity index (χ0) is 42.9. The molecule has 6 N–H and O–H groups in total. The first-order valence-corrected chi connectivity index (χ1v) is 20.4. The van der Waals surface area contributed by atoms with Crippen molar-refractivity contribution in [1.29, 1.82) is 0 Å². The first kappa shape index (κ1) is 42.3. The molecule has 1 saturated heterocycles. The highest BCUT2D eigenvalue weighted by Gasteiger charge is 2.24. The molecule has 7 rings (SSSR count). The van der Waals surface area contributed by atoms with Gasteiger partial charge in [-0.15, -0.1) is 0 Å². The molecule has 1 aliphatic rings. The van der Waals surface area contributed by atoms with Gasteiger partial charge in [0.05, 0.1) is 17.3 Å². The number of hydrogen-bond donors (Lipinski definition) is 6. The molecule has 13 nitrogen and oxygen atoms in total. The van der Waals surface area contributed by atoms with E-state index in [0.29, 0.717) is 79.0 Å². The summed E-state index contributed by atoms with van der Waals surface area (Å²) in [6, 6.07) is 36.2. The highest BCUT2D eigenvalue weighted by atomic mass is 16.6. The van der Waals surface area contributed by atoms with Crippen LogP contribution < -0.4 is 26.4 Å². The largest absolute Gasteiger partial charge is 0.506 e. The lowest BCUT2D eigenvalue weighted by molar-refractivity contribution is -0.118. The van der Waals surface area contributed by atoms with Gasteiger partial charge in [0.2, 0.25) is 11.5 Å². The van der Waals surface area contributed by atoms with Crippen LogP contribution in [-0.4, -0.2) is 77.3 Å². The fourth-order valence-electron chi connectivity index (χ4n) is 7.61. The molecular weight excluding hydrogens is 773 g/mol. The van der Waals surface area contributed by atoms with Gasteiger partial charge in [-0.25, -0.2) is 4.79 Å². The molecule has 13 heteroatoms. The number of pyridine rings is 1. The average Bonchev–Trinajstić information content (AvgIpc) is 3.27. The van der Waals surface area contributed by atoms with E-state index in [-0.39, 0.29) is 41.3 Å². The molecule has 0 aliphatic carbocycles. The van der Waals surface area contributed by atoms with Crippen molar-refractivity contribution in [2.24, 2.45) is 0 Å². The number of likely N-dealkylation sites (tertiary alicyclic amines) is 1. The van der Waals surface area contributed by atoms with Gasteiger partial charge in [-0.3, -0.25) is 19.7 Å². The number of hydrogen-bond acceptors (Lipinski definition) is 9. The fourth-order valence-corrected chi connectivity index (χ4v) is 7.61. The second-order valence-corrected chi connectivity index (χ2v) is 15.3. The number of fused-ring (bicyclic) bond motifs is 1. The normalized spacial score (nSPS) is 13.7. The monoisotopic (exact) mass is 822 g/mol. The standard InChI is InChI=1S/C48H50N6O7/c1-31-27-32(29-49-30-43(56)38-16-19-42(55)46-39(38)17-20-44(57)52-46)15-18-40(31)50-47(59)34-11-8-12-35(28-34)53(2)45(58)23-26-54-24-21-36(22-25-54)61-48(60)51-41-14-7-6-13-37(41)33-9-4-3-5-10-33/h3-20,27-28,36,43,49,55-56H,21-26,29-30H2,1-2H3,(H,50,59)(H,51,60)(H,52,57)/t43-/m1/s1. The Morgan fingerprint density at radius 1 is 0.869 bits per heavy atom. The smallest absolute Gasteiger partial charge is 0.411 e. The minimum Gasteiger partial charge on any atom is -0.506 e. The van der Waals surface area contributed by atoms with Crippen LogP contribution in [0.15, 0.2) is 126 Å². The lowest BCUT2D eigenvalue weighted by Gasteiger charge is -2.31. The third-order valence-corrected chi connectivity index (χ3v) is 11.0. The minimum atomic E-state index is -0.888. The number of nitrogens with zero attached hydrogens (tertiary/aromatic N) is 2. The molecule has 61 heavy (non-hydrogen) atoms. The van der Waals surface area contributed by atoms with Crippen molar-refractivity contribution in [2.45, 2.75) is 44.9 Å². The molecular formula is C48H50N6O7. The fraction of sp³-hybridized carbons (Fsp3) is 0.250. The van der Waals surface area contributed by atoms with Crippen LogP contribution >= 0.6 is 0 Å². The predicted octanol–water partition coefficient (Wildman–Crippen LogP) is 7.35. The number of carbonyl (C=O) groups excluding carboxylic acids is 3. The van der Waals surface area contributed by atoms with Crippen molar-refractivity contribution in [3.05, 3.63) is 154 Å². The first-order chi connectivity index (χ1) is 29.5. The maximum Gasteiger partial charge on any atom is 0.411 e. The summed E-state index contributed by atoms with van der Waals surface area (Å²) in [6.07, 6.45) is 0.0507. The van der Waals surface area contributed by atoms with Crippen molar-refractivity contribution in [2.75, 3.05) is 48.8 Å². The summed E-state index contributed by atoms with van der Waals surface area (Å²) in [6.45, 7) is 4.56. The van der Waals surface area contributed by atoms with Gasteiger partial charge in [-0.1, -0.05) is 72.8 Å². The van der Waals surface area contributed by atoms with E-state index >= 15 is 0 Å². The van der Waals surface area contributed by atoms with E-state index in [4.69, 9.17) is 4.74 Å². The lowest BCUT2D eigenvalue weighted by Crippen LogP contribution is -2.40. The van der Waals surface area contributed by atoms with Crippen LogP contribution in [0.2, 0.25) is 0 Å². The summed E-state index contributed by atoms with van der Waals surface area (Å²) >= 11 is 0. The van der Waals surface area contributed by atoms with Crippen LogP contribution in [0.1, 0.15) is 52.4 Å². The number of aromatic hydroxyl groups is 1. The number of ether oxygens (including phenoxy) is 1. The summed E-state index contributed by atoms with van der Waals surface area (Å²) < 4.78 is 5.78. The van der Waals surface area contributed by atoms with Gasteiger partial charge in [0.25, 0.3) is 5.91 Å². The third kappa shape index (κ3) is 10.7. The number of aliphatic hydroxyl groups is 1. The Hall–Kier alpha value is -6.80. The number of phenolic OH excluding ortho intramolecular Hbond substituents is 1. The summed E-state index contributed by atoms with van der Waals surface area (Å²) in [4.78, 5) is 57.6. The van der Waals surface area contributed by atoms with E-state index in [2.05, 4.69) is 25.8 Å². The number of carbonyl (C=O) groups is 3. The molecule has 1 aromatic heterocycles. The number of aromatic amines is 1. The van der Waals surface area contributed by atoms with E-state index in [1.807, 2.05) is 79.7 Å². The Bertz CT molecular complexity index is 2570. The molecule has 2 heterocycles. The molecule has 0 saturated carbocycles. The van der Waals surface area contributed by atoms with E-state index in [0.717, 1.165) is 22.3 Å². The number of amides is 3. The van der Waals surface area contributed by atoms with Crippen LogP contribution in [-0.2, 0) is 16.1 Å². The Morgan fingerprint density at radius 2 is 1.64 bits per heavy atom. The number of phenols is 1. The van der Waals surface area contributed by atoms with Crippen molar-refractivity contribution >= 4 is 45.9 Å². The van der Waals surface area contributed by atoms with E-state index in [9.17, 15) is 29.4 Å². The molecule has 5 aromatic carbocycles. The Labute approximate surface area is 354 Å². The second-order valence-electron chi connectivity index (χ2n) is 15.3. The van der Waals surface area contributed by atoms with Gasteiger partial charge in [0, 0.05) is 80.1 Å². The van der Waals surface area contributed by atoms with Gasteiger partial charge in [0.15, 0.2) is 0 Å². The van der Waals surface area contributed by atoms with Crippen LogP contribution in [0.25, 0.3) is 22.0 Å². The van der Waals surface area contributed by atoms with Crippen LogP contribution in [0.4, 0.5) is 21.9 Å². The quantitative estimate of drug-likeness (QED) is 0.0656. The maximum atomic E-state index is 13.4. The molecule has 314 valence electrons.